The lowest BCUT2D eigenvalue weighted by Gasteiger charge is -2.14. The predicted molar refractivity (Wildman–Crippen MR) is 135 cm³/mol. The van der Waals surface area contributed by atoms with Crippen molar-refractivity contribution < 1.29 is 23.5 Å². The van der Waals surface area contributed by atoms with Crippen molar-refractivity contribution in [1.29, 1.82) is 0 Å². The van der Waals surface area contributed by atoms with Crippen LogP contribution in [0.15, 0.2) is 66.4 Å². The van der Waals surface area contributed by atoms with Crippen LogP contribution in [0.3, 0.4) is 0 Å². The fraction of sp³-hybridized carbons (Fsp3) is 0.154. The first kappa shape index (κ1) is 23.7. The lowest BCUT2D eigenvalue weighted by molar-refractivity contribution is -0.123. The molecule has 3 amide bonds. The Balaban J connectivity index is 1.53. The molecule has 4 rings (SSSR count). The average molecular weight is 572 g/mol. The van der Waals surface area contributed by atoms with E-state index in [9.17, 15) is 14.0 Å². The molecule has 1 saturated heterocycles. The average Bonchev–Trinajstić information content (AvgIpc) is 3.06. The van der Waals surface area contributed by atoms with Gasteiger partial charge in [-0.25, -0.2) is 9.18 Å². The largest absolute Gasteiger partial charge is 0.493 e. The maximum absolute atomic E-state index is 13.4. The molecule has 1 N–H and O–H groups in total. The third-order valence-corrected chi connectivity index (χ3v) is 6.06. The van der Waals surface area contributed by atoms with Crippen LogP contribution in [0.25, 0.3) is 6.08 Å². The first-order valence-electron chi connectivity index (χ1n) is 10.5. The van der Waals surface area contributed by atoms with Crippen molar-refractivity contribution in [3.05, 3.63) is 98.0 Å². The van der Waals surface area contributed by atoms with Gasteiger partial charge in [0, 0.05) is 0 Å². The number of halogens is 2. The molecule has 3 aromatic rings. The minimum absolute atomic E-state index is 0.174. The summed E-state index contributed by atoms with van der Waals surface area (Å²) in [5.74, 6) is 0.246. The van der Waals surface area contributed by atoms with Gasteiger partial charge in [0.05, 0.1) is 17.2 Å². The van der Waals surface area contributed by atoms with Crippen molar-refractivity contribution in [1.82, 2.24) is 10.2 Å². The number of rotatable bonds is 7. The molecule has 1 aliphatic heterocycles. The second kappa shape index (κ2) is 10.3. The molecule has 0 aliphatic carbocycles. The summed E-state index contributed by atoms with van der Waals surface area (Å²) >= 11 is 2.11. The smallest absolute Gasteiger partial charge is 0.329 e. The zero-order chi connectivity index (χ0) is 24.2. The van der Waals surface area contributed by atoms with Crippen molar-refractivity contribution in [2.75, 3.05) is 7.11 Å². The van der Waals surface area contributed by atoms with Gasteiger partial charge in [-0.3, -0.25) is 9.69 Å². The molecule has 34 heavy (non-hydrogen) atoms. The molecule has 1 fully saturated rings. The number of ether oxygens (including phenoxy) is 2. The van der Waals surface area contributed by atoms with Gasteiger partial charge in [0.2, 0.25) is 0 Å². The molecule has 0 aromatic heterocycles. The summed E-state index contributed by atoms with van der Waals surface area (Å²) in [7, 11) is 1.52. The number of carbonyl (C=O) groups is 2. The minimum atomic E-state index is -0.464. The van der Waals surface area contributed by atoms with Crippen molar-refractivity contribution in [2.45, 2.75) is 20.1 Å². The number of urea groups is 1. The minimum Gasteiger partial charge on any atom is -0.493 e. The summed E-state index contributed by atoms with van der Waals surface area (Å²) in [5, 5.41) is 2.65. The van der Waals surface area contributed by atoms with Gasteiger partial charge in [-0.05, 0) is 76.5 Å². The molecule has 3 aromatic carbocycles. The third-order valence-electron chi connectivity index (χ3n) is 5.26. The Morgan fingerprint density at radius 1 is 1.06 bits per heavy atom. The molecule has 174 valence electrons. The van der Waals surface area contributed by atoms with Crippen molar-refractivity contribution in [3.63, 3.8) is 0 Å². The van der Waals surface area contributed by atoms with Crippen LogP contribution in [0.1, 0.15) is 22.3 Å². The van der Waals surface area contributed by atoms with E-state index in [1.807, 2.05) is 37.3 Å². The first-order valence-corrected chi connectivity index (χ1v) is 11.6. The molecule has 0 radical (unpaired) electrons. The maximum Gasteiger partial charge on any atom is 0.329 e. The Labute approximate surface area is 210 Å². The molecular weight excluding hydrogens is 550 g/mol. The highest BCUT2D eigenvalue weighted by Crippen LogP contribution is 2.35. The third kappa shape index (κ3) is 5.39. The van der Waals surface area contributed by atoms with Gasteiger partial charge in [0.15, 0.2) is 11.5 Å². The Hall–Kier alpha value is -3.40. The summed E-state index contributed by atoms with van der Waals surface area (Å²) in [4.78, 5) is 26.5. The molecule has 1 heterocycles. The van der Waals surface area contributed by atoms with Crippen LogP contribution >= 0.6 is 22.6 Å². The van der Waals surface area contributed by atoms with Gasteiger partial charge in [0.1, 0.15) is 18.1 Å². The number of hydrogen-bond donors (Lipinski definition) is 1. The summed E-state index contributed by atoms with van der Waals surface area (Å²) in [6.07, 6.45) is 1.61. The number of aryl methyl sites for hydroxylation is 1. The van der Waals surface area contributed by atoms with Gasteiger partial charge in [-0.2, -0.15) is 0 Å². The highest BCUT2D eigenvalue weighted by atomic mass is 127. The van der Waals surface area contributed by atoms with E-state index >= 15 is 0 Å². The van der Waals surface area contributed by atoms with E-state index < -0.39 is 11.9 Å². The van der Waals surface area contributed by atoms with E-state index in [4.69, 9.17) is 9.47 Å². The zero-order valence-corrected chi connectivity index (χ0v) is 20.8. The predicted octanol–water partition coefficient (Wildman–Crippen LogP) is 5.42. The summed E-state index contributed by atoms with van der Waals surface area (Å²) in [5.41, 5.74) is 3.51. The Morgan fingerprint density at radius 3 is 2.53 bits per heavy atom. The Kier molecular flexibility index (Phi) is 7.16. The molecule has 0 saturated carbocycles. The molecular formula is C26H22FIN2O4. The van der Waals surface area contributed by atoms with E-state index in [0.29, 0.717) is 22.6 Å². The highest BCUT2D eigenvalue weighted by molar-refractivity contribution is 14.1. The lowest BCUT2D eigenvalue weighted by Crippen LogP contribution is -2.30. The van der Waals surface area contributed by atoms with E-state index in [2.05, 4.69) is 27.9 Å². The lowest BCUT2D eigenvalue weighted by atomic mass is 10.1. The van der Waals surface area contributed by atoms with Crippen LogP contribution in [-0.4, -0.2) is 23.9 Å². The fourth-order valence-corrected chi connectivity index (χ4v) is 4.28. The van der Waals surface area contributed by atoms with Gasteiger partial charge in [-0.1, -0.05) is 42.0 Å². The van der Waals surface area contributed by atoms with Crippen molar-refractivity contribution >= 4 is 40.6 Å². The van der Waals surface area contributed by atoms with E-state index in [1.54, 1.807) is 24.3 Å². The summed E-state index contributed by atoms with van der Waals surface area (Å²) in [6.45, 7) is 2.34. The van der Waals surface area contributed by atoms with E-state index in [0.717, 1.165) is 14.7 Å². The summed E-state index contributed by atoms with van der Waals surface area (Å²) < 4.78 is 25.6. The number of hydrogen-bond acceptors (Lipinski definition) is 4. The normalized spacial score (nSPS) is 14.5. The SMILES string of the molecule is COc1cc(/C=C2/NC(=O)N(Cc3ccc(C)cc3)C2=O)cc(I)c1OCc1cccc(F)c1. The van der Waals surface area contributed by atoms with Crippen LogP contribution in [0, 0.1) is 16.3 Å². The fourth-order valence-electron chi connectivity index (χ4n) is 3.50. The van der Waals surface area contributed by atoms with Gasteiger partial charge < -0.3 is 14.8 Å². The molecule has 0 unspecified atom stereocenters. The number of imide groups is 1. The quantitative estimate of drug-likeness (QED) is 0.233. The molecule has 0 spiro atoms. The second-order valence-electron chi connectivity index (χ2n) is 7.82. The van der Waals surface area contributed by atoms with Crippen molar-refractivity contribution in [3.8, 4) is 11.5 Å². The van der Waals surface area contributed by atoms with E-state index in [1.165, 1.54) is 24.1 Å². The Morgan fingerprint density at radius 2 is 1.82 bits per heavy atom. The monoisotopic (exact) mass is 572 g/mol. The number of benzene rings is 3. The van der Waals surface area contributed by atoms with E-state index in [-0.39, 0.29) is 24.7 Å². The van der Waals surface area contributed by atoms with Crippen molar-refractivity contribution in [2.24, 2.45) is 0 Å². The number of carbonyl (C=O) groups excluding carboxylic acids is 2. The zero-order valence-electron chi connectivity index (χ0n) is 18.6. The van der Waals surface area contributed by atoms with Gasteiger partial charge >= 0.3 is 6.03 Å². The van der Waals surface area contributed by atoms with Crippen LogP contribution in [0.4, 0.5) is 9.18 Å². The second-order valence-corrected chi connectivity index (χ2v) is 8.98. The van der Waals surface area contributed by atoms with Crippen LogP contribution in [0.5, 0.6) is 11.5 Å². The number of nitrogens with zero attached hydrogens (tertiary/aromatic N) is 1. The number of amides is 3. The van der Waals surface area contributed by atoms with Gasteiger partial charge in [0.25, 0.3) is 5.91 Å². The molecule has 6 nitrogen and oxygen atoms in total. The standard InChI is InChI=1S/C26H22FIN2O4/c1-16-6-8-17(9-7-16)14-30-25(31)22(29-26(30)32)12-19-11-21(28)24(23(13-19)33-2)34-15-18-4-3-5-20(27)10-18/h3-13H,14-15H2,1-2H3,(H,29,32)/b22-12+. The number of methoxy groups -OCH3 is 1. The van der Waals surface area contributed by atoms with Gasteiger partial charge in [-0.15, -0.1) is 0 Å². The number of nitrogens with one attached hydrogen (secondary N) is 1. The van der Waals surface area contributed by atoms with Crippen LogP contribution in [-0.2, 0) is 17.9 Å². The molecule has 8 heteroatoms. The molecule has 0 atom stereocenters. The molecule has 0 bridgehead atoms. The van der Waals surface area contributed by atoms with Crippen LogP contribution in [0.2, 0.25) is 0 Å². The Bertz CT molecular complexity index is 1270. The first-order chi connectivity index (χ1) is 16.3. The molecule has 1 aliphatic rings. The summed E-state index contributed by atoms with van der Waals surface area (Å²) in [6, 6.07) is 16.9. The topological polar surface area (TPSA) is 67.9 Å². The van der Waals surface area contributed by atoms with Crippen LogP contribution < -0.4 is 14.8 Å². The maximum atomic E-state index is 13.4. The highest BCUT2D eigenvalue weighted by Gasteiger charge is 2.33.